The number of amides is 1. The Balaban J connectivity index is 1.79. The molecule has 1 aliphatic heterocycles. The molecule has 2 aromatic rings. The van der Waals surface area contributed by atoms with E-state index in [1.165, 1.54) is 5.69 Å². The number of benzene rings is 1. The number of aryl methyl sites for hydroxylation is 1. The molecule has 1 aliphatic rings. The maximum atomic E-state index is 12.8. The predicted molar refractivity (Wildman–Crippen MR) is 112 cm³/mol. The van der Waals surface area contributed by atoms with Crippen molar-refractivity contribution < 1.29 is 14.6 Å². The van der Waals surface area contributed by atoms with Crippen molar-refractivity contribution in [3.8, 4) is 5.75 Å². The summed E-state index contributed by atoms with van der Waals surface area (Å²) >= 11 is 0. The van der Waals surface area contributed by atoms with E-state index in [1.54, 1.807) is 19.2 Å². The summed E-state index contributed by atoms with van der Waals surface area (Å²) in [6.45, 7) is 8.49. The minimum atomic E-state index is -0.138. The lowest BCUT2D eigenvalue weighted by Gasteiger charge is -2.28. The smallest absolute Gasteiger partial charge is 0.272 e. The van der Waals surface area contributed by atoms with Crippen LogP contribution in [0.4, 0.5) is 0 Å². The number of fused-ring (bicyclic) bond motifs is 1. The van der Waals surface area contributed by atoms with Crippen LogP contribution in [-0.2, 0) is 30.8 Å². The number of nitrogens with zero attached hydrogens (tertiary/aromatic N) is 3. The van der Waals surface area contributed by atoms with Gasteiger partial charge in [-0.3, -0.25) is 14.4 Å². The van der Waals surface area contributed by atoms with Crippen molar-refractivity contribution in [2.45, 2.75) is 46.3 Å². The van der Waals surface area contributed by atoms with Crippen molar-refractivity contribution in [3.05, 3.63) is 46.8 Å². The minimum Gasteiger partial charge on any atom is -0.508 e. The Morgan fingerprint density at radius 1 is 1.38 bits per heavy atom. The van der Waals surface area contributed by atoms with Crippen LogP contribution in [0.3, 0.4) is 0 Å². The summed E-state index contributed by atoms with van der Waals surface area (Å²) in [5, 5.41) is 17.3. The third-order valence-corrected chi connectivity index (χ3v) is 5.25. The number of hydrogen-bond donors (Lipinski definition) is 2. The topological polar surface area (TPSA) is 79.6 Å². The first kappa shape index (κ1) is 21.3. The van der Waals surface area contributed by atoms with Gasteiger partial charge in [0.2, 0.25) is 0 Å². The van der Waals surface area contributed by atoms with Gasteiger partial charge >= 0.3 is 0 Å². The first-order chi connectivity index (χ1) is 14.0. The molecule has 0 radical (unpaired) electrons. The summed E-state index contributed by atoms with van der Waals surface area (Å²) in [6, 6.07) is 7.34. The van der Waals surface area contributed by atoms with E-state index in [0.717, 1.165) is 43.6 Å². The lowest BCUT2D eigenvalue weighted by Crippen LogP contribution is -2.33. The zero-order valence-corrected chi connectivity index (χ0v) is 17.6. The Labute approximate surface area is 172 Å². The number of nitrogens with one attached hydrogen (secondary N) is 1. The van der Waals surface area contributed by atoms with Gasteiger partial charge in [0, 0.05) is 57.5 Å². The maximum Gasteiger partial charge on any atom is 0.272 e. The molecule has 0 saturated carbocycles. The van der Waals surface area contributed by atoms with Crippen molar-refractivity contribution in [1.29, 1.82) is 0 Å². The van der Waals surface area contributed by atoms with Crippen molar-refractivity contribution in [1.82, 2.24) is 20.0 Å². The lowest BCUT2D eigenvalue weighted by molar-refractivity contribution is 0.0929. The third kappa shape index (κ3) is 5.58. The fraction of sp³-hybridized carbons (Fsp3) is 0.545. The van der Waals surface area contributed by atoms with E-state index in [4.69, 9.17) is 9.84 Å². The lowest BCUT2D eigenvalue weighted by atomic mass is 10.0. The molecule has 0 bridgehead atoms. The van der Waals surface area contributed by atoms with Gasteiger partial charge in [-0.2, -0.15) is 5.10 Å². The first-order valence-electron chi connectivity index (χ1n) is 10.3. The maximum absolute atomic E-state index is 12.8. The van der Waals surface area contributed by atoms with Gasteiger partial charge in [-0.05, 0) is 30.0 Å². The number of phenols is 1. The van der Waals surface area contributed by atoms with Crippen LogP contribution in [0.25, 0.3) is 0 Å². The van der Waals surface area contributed by atoms with E-state index < -0.39 is 0 Å². The van der Waals surface area contributed by atoms with Crippen LogP contribution >= 0.6 is 0 Å². The van der Waals surface area contributed by atoms with Crippen LogP contribution < -0.4 is 5.32 Å². The van der Waals surface area contributed by atoms with Crippen LogP contribution in [0.2, 0.25) is 0 Å². The second-order valence-electron chi connectivity index (χ2n) is 8.06. The zero-order chi connectivity index (χ0) is 20.8. The molecule has 3 rings (SSSR count). The summed E-state index contributed by atoms with van der Waals surface area (Å²) in [5.41, 5.74) is 3.79. The van der Waals surface area contributed by atoms with Crippen LogP contribution in [0, 0.1) is 5.92 Å². The fourth-order valence-electron chi connectivity index (χ4n) is 3.69. The van der Waals surface area contributed by atoms with Crippen molar-refractivity contribution in [2.75, 3.05) is 26.8 Å². The van der Waals surface area contributed by atoms with Gasteiger partial charge < -0.3 is 15.2 Å². The van der Waals surface area contributed by atoms with E-state index in [-0.39, 0.29) is 11.7 Å². The van der Waals surface area contributed by atoms with Crippen LogP contribution in [0.1, 0.15) is 47.6 Å². The van der Waals surface area contributed by atoms with Crippen LogP contribution in [0.5, 0.6) is 5.75 Å². The van der Waals surface area contributed by atoms with E-state index in [0.29, 0.717) is 31.3 Å². The van der Waals surface area contributed by atoms with Gasteiger partial charge in [-0.25, -0.2) is 0 Å². The molecule has 0 aliphatic carbocycles. The highest BCUT2D eigenvalue weighted by Crippen LogP contribution is 2.25. The number of rotatable bonds is 9. The molecule has 1 aromatic heterocycles. The first-order valence-corrected chi connectivity index (χ1v) is 10.3. The molecule has 2 heterocycles. The Kier molecular flexibility index (Phi) is 7.28. The highest BCUT2D eigenvalue weighted by Gasteiger charge is 2.28. The normalized spacial score (nSPS) is 14.2. The summed E-state index contributed by atoms with van der Waals surface area (Å²) in [5.74, 6) is 0.723. The number of ether oxygens (including phenoxy) is 1. The largest absolute Gasteiger partial charge is 0.508 e. The average Bonchev–Trinajstić information content (AvgIpc) is 3.04. The van der Waals surface area contributed by atoms with Gasteiger partial charge in [-0.1, -0.05) is 26.0 Å². The fourth-order valence-corrected chi connectivity index (χ4v) is 3.69. The third-order valence-electron chi connectivity index (χ3n) is 5.25. The van der Waals surface area contributed by atoms with Crippen LogP contribution in [0.15, 0.2) is 24.3 Å². The molecule has 2 N–H and O–H groups in total. The molecule has 0 fully saturated rings. The molecule has 7 nitrogen and oxygen atoms in total. The van der Waals surface area contributed by atoms with Crippen LogP contribution in [-0.4, -0.2) is 52.5 Å². The standard InChI is InChI=1S/C22H32N4O3/c1-16(2)7-11-26-20-8-10-25(14-17-5-4-6-18(27)13-17)15-19(20)21(24-26)22(28)23-9-12-29-3/h4-6,13,16,27H,7-12,14-15H2,1-3H3,(H,23,28). The number of carbonyl (C=O) groups is 1. The number of hydrogen-bond acceptors (Lipinski definition) is 5. The number of aromatic nitrogens is 2. The molecular weight excluding hydrogens is 368 g/mol. The van der Waals surface area contributed by atoms with Gasteiger partial charge in [0.05, 0.1) is 6.61 Å². The van der Waals surface area contributed by atoms with E-state index >= 15 is 0 Å². The predicted octanol–water partition coefficient (Wildman–Crippen LogP) is 2.57. The van der Waals surface area contributed by atoms with Crippen molar-refractivity contribution >= 4 is 5.91 Å². The number of aromatic hydroxyl groups is 1. The molecular formula is C22H32N4O3. The van der Waals surface area contributed by atoms with Gasteiger partial charge in [0.15, 0.2) is 5.69 Å². The Bertz CT molecular complexity index is 831. The van der Waals surface area contributed by atoms with E-state index in [1.807, 2.05) is 16.8 Å². The van der Waals surface area contributed by atoms with Gasteiger partial charge in [0.25, 0.3) is 5.91 Å². The van der Waals surface area contributed by atoms with Gasteiger partial charge in [0.1, 0.15) is 5.75 Å². The van der Waals surface area contributed by atoms with E-state index in [2.05, 4.69) is 24.1 Å². The van der Waals surface area contributed by atoms with Crippen molar-refractivity contribution in [3.63, 3.8) is 0 Å². The summed E-state index contributed by atoms with van der Waals surface area (Å²) in [7, 11) is 1.62. The summed E-state index contributed by atoms with van der Waals surface area (Å²) in [6.07, 6.45) is 1.90. The molecule has 29 heavy (non-hydrogen) atoms. The number of phenolic OH excluding ortho intramolecular Hbond substituents is 1. The quantitative estimate of drug-likeness (QED) is 0.633. The summed E-state index contributed by atoms with van der Waals surface area (Å²) < 4.78 is 7.07. The zero-order valence-electron chi connectivity index (χ0n) is 17.6. The second kappa shape index (κ2) is 9.89. The minimum absolute atomic E-state index is 0.138. The monoisotopic (exact) mass is 400 g/mol. The SMILES string of the molecule is COCCNC(=O)c1nn(CCC(C)C)c2c1CN(Cc1cccc(O)c1)CC2. The average molecular weight is 401 g/mol. The molecule has 158 valence electrons. The molecule has 1 amide bonds. The Hall–Kier alpha value is -2.38. The molecule has 0 atom stereocenters. The number of carbonyl (C=O) groups excluding carboxylic acids is 1. The van der Waals surface area contributed by atoms with E-state index in [9.17, 15) is 9.90 Å². The molecule has 7 heteroatoms. The highest BCUT2D eigenvalue weighted by molar-refractivity contribution is 5.94. The molecule has 0 unspecified atom stereocenters. The Morgan fingerprint density at radius 2 is 2.21 bits per heavy atom. The number of methoxy groups -OCH3 is 1. The Morgan fingerprint density at radius 3 is 2.93 bits per heavy atom. The van der Waals surface area contributed by atoms with Gasteiger partial charge in [-0.15, -0.1) is 0 Å². The molecule has 0 spiro atoms. The molecule has 0 saturated heterocycles. The molecule has 1 aromatic carbocycles. The van der Waals surface area contributed by atoms with Crippen molar-refractivity contribution in [2.24, 2.45) is 5.92 Å². The highest BCUT2D eigenvalue weighted by atomic mass is 16.5. The summed E-state index contributed by atoms with van der Waals surface area (Å²) in [4.78, 5) is 15.1. The second-order valence-corrected chi connectivity index (χ2v) is 8.06.